The number of carbonyl (C=O) groups is 1. The molecule has 0 saturated heterocycles. The summed E-state index contributed by atoms with van der Waals surface area (Å²) in [4.78, 5) is 11.9. The summed E-state index contributed by atoms with van der Waals surface area (Å²) in [5.74, 6) is -0.317. The van der Waals surface area contributed by atoms with E-state index in [1.807, 2.05) is 13.8 Å². The van der Waals surface area contributed by atoms with Gasteiger partial charge in [-0.25, -0.2) is 0 Å². The Hall–Kier alpha value is -1.66. The van der Waals surface area contributed by atoms with Gasteiger partial charge in [-0.15, -0.1) is 0 Å². The number of alkyl halides is 3. The second-order valence-electron chi connectivity index (χ2n) is 4.99. The molecule has 0 saturated carbocycles. The summed E-state index contributed by atoms with van der Waals surface area (Å²) in [5, 5.41) is 2.61. The van der Waals surface area contributed by atoms with Crippen molar-refractivity contribution in [2.24, 2.45) is 0 Å². The Bertz CT molecular complexity index is 452. The number of unbranched alkanes of at least 4 members (excludes halogenated alkanes) is 1. The fraction of sp³-hybridized carbons (Fsp3) is 0.615. The van der Waals surface area contributed by atoms with Gasteiger partial charge < -0.3 is 15.6 Å². The molecule has 1 rings (SSSR count). The van der Waals surface area contributed by atoms with Gasteiger partial charge in [-0.2, -0.15) is 13.2 Å². The highest BCUT2D eigenvalue weighted by atomic mass is 19.4. The number of anilines is 1. The Morgan fingerprint density at radius 3 is 2.60 bits per heavy atom. The minimum Gasteiger partial charge on any atom is -0.397 e. The van der Waals surface area contributed by atoms with E-state index in [0.717, 1.165) is 0 Å². The predicted octanol–water partition coefficient (Wildman–Crippen LogP) is 3.11. The first-order valence-corrected chi connectivity index (χ1v) is 6.53. The largest absolute Gasteiger partial charge is 0.397 e. The quantitative estimate of drug-likeness (QED) is 0.791. The van der Waals surface area contributed by atoms with E-state index >= 15 is 0 Å². The average Bonchev–Trinajstić information content (AvgIpc) is 2.69. The van der Waals surface area contributed by atoms with Crippen LogP contribution in [0, 0.1) is 0 Å². The molecule has 0 aliphatic rings. The third-order valence-corrected chi connectivity index (χ3v) is 2.83. The molecular formula is C13H20F3N3O. The smallest absolute Gasteiger partial charge is 0.389 e. The second kappa shape index (κ2) is 6.67. The van der Waals surface area contributed by atoms with Gasteiger partial charge in [0.2, 0.25) is 0 Å². The van der Waals surface area contributed by atoms with E-state index in [9.17, 15) is 18.0 Å². The van der Waals surface area contributed by atoms with Crippen molar-refractivity contribution in [3.05, 3.63) is 18.0 Å². The lowest BCUT2D eigenvalue weighted by Gasteiger charge is -2.12. The van der Waals surface area contributed by atoms with Crippen LogP contribution in [0.3, 0.4) is 0 Å². The average molecular weight is 291 g/mol. The molecule has 1 aromatic heterocycles. The molecule has 0 unspecified atom stereocenters. The highest BCUT2D eigenvalue weighted by Gasteiger charge is 2.25. The molecule has 0 radical (unpaired) electrons. The van der Waals surface area contributed by atoms with Crippen molar-refractivity contribution in [1.29, 1.82) is 0 Å². The van der Waals surface area contributed by atoms with Crippen LogP contribution in [-0.4, -0.2) is 23.2 Å². The molecule has 0 aliphatic heterocycles. The van der Waals surface area contributed by atoms with Gasteiger partial charge in [-0.3, -0.25) is 4.79 Å². The summed E-state index contributed by atoms with van der Waals surface area (Å²) in [5.41, 5.74) is 6.56. The van der Waals surface area contributed by atoms with Gasteiger partial charge in [0.1, 0.15) is 5.69 Å². The van der Waals surface area contributed by atoms with Crippen molar-refractivity contribution in [2.75, 3.05) is 12.3 Å². The van der Waals surface area contributed by atoms with Crippen LogP contribution in [-0.2, 0) is 0 Å². The van der Waals surface area contributed by atoms with Gasteiger partial charge in [-0.1, -0.05) is 0 Å². The number of halogens is 3. The lowest BCUT2D eigenvalue weighted by Crippen LogP contribution is -2.27. The number of hydrogen-bond donors (Lipinski definition) is 2. The van der Waals surface area contributed by atoms with Gasteiger partial charge in [0.25, 0.3) is 5.91 Å². The van der Waals surface area contributed by atoms with Crippen molar-refractivity contribution in [1.82, 2.24) is 9.88 Å². The van der Waals surface area contributed by atoms with Crippen LogP contribution in [0.1, 0.15) is 49.6 Å². The van der Waals surface area contributed by atoms with Crippen LogP contribution in [0.5, 0.6) is 0 Å². The zero-order valence-corrected chi connectivity index (χ0v) is 11.6. The van der Waals surface area contributed by atoms with E-state index in [-0.39, 0.29) is 24.9 Å². The standard InChI is InChI=1S/C13H20F3N3O/c1-9(2)19-8-10(17)7-11(19)12(20)18-6-4-3-5-13(14,15)16/h7-9H,3-6,17H2,1-2H3,(H,18,20). The number of amides is 1. The second-order valence-corrected chi connectivity index (χ2v) is 4.99. The molecule has 0 atom stereocenters. The van der Waals surface area contributed by atoms with E-state index in [0.29, 0.717) is 17.8 Å². The number of nitrogens with two attached hydrogens (primary N) is 1. The summed E-state index contributed by atoms with van der Waals surface area (Å²) in [6, 6.07) is 1.64. The number of nitrogens with zero attached hydrogens (tertiary/aromatic N) is 1. The zero-order valence-electron chi connectivity index (χ0n) is 11.6. The monoisotopic (exact) mass is 291 g/mol. The van der Waals surface area contributed by atoms with Gasteiger partial charge >= 0.3 is 6.18 Å². The van der Waals surface area contributed by atoms with Crippen LogP contribution in [0.25, 0.3) is 0 Å². The fourth-order valence-electron chi connectivity index (χ4n) is 1.85. The van der Waals surface area contributed by atoms with Crippen molar-refractivity contribution in [3.63, 3.8) is 0 Å². The summed E-state index contributed by atoms with van der Waals surface area (Å²) >= 11 is 0. The van der Waals surface area contributed by atoms with Gasteiger partial charge in [0.05, 0.1) is 5.69 Å². The zero-order chi connectivity index (χ0) is 15.3. The van der Waals surface area contributed by atoms with Crippen LogP contribution in [0.15, 0.2) is 12.3 Å². The maximum Gasteiger partial charge on any atom is 0.389 e. The lowest BCUT2D eigenvalue weighted by atomic mass is 10.2. The molecule has 4 nitrogen and oxygen atoms in total. The Balaban J connectivity index is 2.44. The predicted molar refractivity (Wildman–Crippen MR) is 71.5 cm³/mol. The number of carbonyl (C=O) groups excluding carboxylic acids is 1. The van der Waals surface area contributed by atoms with Crippen molar-refractivity contribution in [3.8, 4) is 0 Å². The van der Waals surface area contributed by atoms with E-state index in [1.165, 1.54) is 0 Å². The molecule has 20 heavy (non-hydrogen) atoms. The Kier molecular flexibility index (Phi) is 5.47. The molecule has 1 heterocycles. The fourth-order valence-corrected chi connectivity index (χ4v) is 1.85. The Labute approximate surface area is 116 Å². The molecule has 0 fully saturated rings. The molecule has 0 bridgehead atoms. The number of aromatic nitrogens is 1. The SMILES string of the molecule is CC(C)n1cc(N)cc1C(=O)NCCCCC(F)(F)F. The van der Waals surface area contributed by atoms with Crippen LogP contribution in [0.2, 0.25) is 0 Å². The van der Waals surface area contributed by atoms with Crippen LogP contribution in [0.4, 0.5) is 18.9 Å². The summed E-state index contributed by atoms with van der Waals surface area (Å²) in [6.45, 7) is 4.05. The van der Waals surface area contributed by atoms with Gasteiger partial charge in [0.15, 0.2) is 0 Å². The number of rotatable bonds is 6. The first-order chi connectivity index (χ1) is 9.20. The molecule has 7 heteroatoms. The lowest BCUT2D eigenvalue weighted by molar-refractivity contribution is -0.135. The topological polar surface area (TPSA) is 60.0 Å². The first-order valence-electron chi connectivity index (χ1n) is 6.53. The molecule has 1 amide bonds. The van der Waals surface area contributed by atoms with Crippen LogP contribution < -0.4 is 11.1 Å². The van der Waals surface area contributed by atoms with E-state index in [4.69, 9.17) is 5.73 Å². The van der Waals surface area contributed by atoms with E-state index < -0.39 is 12.6 Å². The first kappa shape index (κ1) is 16.4. The molecule has 1 aromatic rings. The van der Waals surface area contributed by atoms with Crippen molar-refractivity contribution in [2.45, 2.75) is 45.3 Å². The Morgan fingerprint density at radius 1 is 1.40 bits per heavy atom. The molecule has 0 aliphatic carbocycles. The summed E-state index contributed by atoms with van der Waals surface area (Å²) in [7, 11) is 0. The minimum atomic E-state index is -4.13. The molecule has 0 spiro atoms. The normalized spacial score (nSPS) is 11.9. The third-order valence-electron chi connectivity index (χ3n) is 2.83. The Morgan fingerprint density at radius 2 is 2.05 bits per heavy atom. The van der Waals surface area contributed by atoms with Crippen molar-refractivity contribution >= 4 is 11.6 Å². The van der Waals surface area contributed by atoms with E-state index in [1.54, 1.807) is 16.8 Å². The van der Waals surface area contributed by atoms with Gasteiger partial charge in [0, 0.05) is 25.2 Å². The van der Waals surface area contributed by atoms with Gasteiger partial charge in [-0.05, 0) is 32.8 Å². The number of hydrogen-bond acceptors (Lipinski definition) is 2. The molecule has 114 valence electrons. The maximum absolute atomic E-state index is 11.9. The molecular weight excluding hydrogens is 271 g/mol. The highest BCUT2D eigenvalue weighted by Crippen LogP contribution is 2.22. The molecule has 3 N–H and O–H groups in total. The summed E-state index contributed by atoms with van der Waals surface area (Å²) < 4.78 is 37.6. The number of nitrogens with one attached hydrogen (secondary N) is 1. The van der Waals surface area contributed by atoms with E-state index in [2.05, 4.69) is 5.32 Å². The number of nitrogen functional groups attached to an aromatic ring is 1. The maximum atomic E-state index is 11.9. The third kappa shape index (κ3) is 5.14. The highest BCUT2D eigenvalue weighted by molar-refractivity contribution is 5.93. The minimum absolute atomic E-state index is 0.0110. The van der Waals surface area contributed by atoms with Crippen LogP contribution >= 0.6 is 0 Å². The van der Waals surface area contributed by atoms with Crippen molar-refractivity contribution < 1.29 is 18.0 Å². The molecule has 0 aromatic carbocycles. The summed E-state index contributed by atoms with van der Waals surface area (Å²) in [6.07, 6.45) is -2.98.